The summed E-state index contributed by atoms with van der Waals surface area (Å²) in [6.07, 6.45) is 0. The molecule has 0 spiro atoms. The number of amides is 2. The van der Waals surface area contributed by atoms with Gasteiger partial charge >= 0.3 is 0 Å². The molecule has 0 radical (unpaired) electrons. The Morgan fingerprint density at radius 3 is 1.56 bits per heavy atom. The van der Waals surface area contributed by atoms with Crippen LogP contribution in [0.15, 0.2) is 115 Å². The van der Waals surface area contributed by atoms with Gasteiger partial charge in [-0.15, -0.1) is 0 Å². The summed E-state index contributed by atoms with van der Waals surface area (Å²) in [6.45, 7) is -0.118. The Morgan fingerprint density at radius 2 is 1.08 bits per heavy atom. The second-order valence-electron chi connectivity index (χ2n) is 8.97. The Labute approximate surface area is 210 Å². The van der Waals surface area contributed by atoms with Gasteiger partial charge in [-0.25, -0.2) is 4.39 Å². The molecule has 0 fully saturated rings. The molecule has 0 aliphatic carbocycles. The number of fused-ring (bicyclic) bond motifs is 1. The van der Waals surface area contributed by atoms with Gasteiger partial charge in [-0.3, -0.25) is 19.4 Å². The van der Waals surface area contributed by atoms with E-state index in [9.17, 15) is 14.0 Å². The summed E-state index contributed by atoms with van der Waals surface area (Å²) in [6, 6.07) is 35.7. The van der Waals surface area contributed by atoms with Crippen molar-refractivity contribution < 1.29 is 14.0 Å². The van der Waals surface area contributed by atoms with Gasteiger partial charge in [0.15, 0.2) is 0 Å². The second kappa shape index (κ2) is 10.7. The number of carbonyl (C=O) groups is 2. The van der Waals surface area contributed by atoms with Crippen LogP contribution >= 0.6 is 0 Å². The second-order valence-corrected chi connectivity index (χ2v) is 8.97. The highest BCUT2D eigenvalue weighted by Crippen LogP contribution is 2.32. The predicted molar refractivity (Wildman–Crippen MR) is 138 cm³/mol. The van der Waals surface area contributed by atoms with E-state index in [1.165, 1.54) is 0 Å². The van der Waals surface area contributed by atoms with Crippen molar-refractivity contribution in [3.8, 4) is 0 Å². The zero-order valence-corrected chi connectivity index (χ0v) is 19.8. The van der Waals surface area contributed by atoms with E-state index in [0.29, 0.717) is 17.7 Å². The minimum atomic E-state index is -0.920. The number of benzene rings is 4. The molecule has 36 heavy (non-hydrogen) atoms. The summed E-state index contributed by atoms with van der Waals surface area (Å²) >= 11 is 0. The maximum atomic E-state index is 14.7. The van der Waals surface area contributed by atoms with Crippen LogP contribution in [0.4, 0.5) is 4.39 Å². The first-order valence-electron chi connectivity index (χ1n) is 12.1. The summed E-state index contributed by atoms with van der Waals surface area (Å²) in [4.78, 5) is 29.6. The van der Waals surface area contributed by atoms with E-state index < -0.39 is 24.5 Å². The van der Waals surface area contributed by atoms with Crippen molar-refractivity contribution in [3.05, 3.63) is 143 Å². The van der Waals surface area contributed by atoms with Crippen LogP contribution in [-0.2, 0) is 6.54 Å². The molecular weight excluding hydrogens is 451 g/mol. The van der Waals surface area contributed by atoms with Crippen LogP contribution in [0.2, 0.25) is 0 Å². The summed E-state index contributed by atoms with van der Waals surface area (Å²) in [7, 11) is 0. The maximum Gasteiger partial charge on any atom is 0.261 e. The molecule has 0 saturated carbocycles. The normalized spacial score (nSPS) is 13.9. The minimum absolute atomic E-state index is 0.186. The van der Waals surface area contributed by atoms with Crippen molar-refractivity contribution in [1.29, 1.82) is 0 Å². The molecule has 4 nitrogen and oxygen atoms in total. The molecule has 5 heteroatoms. The fraction of sp³-hybridized carbons (Fsp3) is 0.161. The molecule has 4 aromatic carbocycles. The van der Waals surface area contributed by atoms with Crippen molar-refractivity contribution in [2.75, 3.05) is 13.2 Å². The number of hydrogen-bond acceptors (Lipinski definition) is 3. The van der Waals surface area contributed by atoms with Crippen LogP contribution < -0.4 is 0 Å². The summed E-state index contributed by atoms with van der Waals surface area (Å²) in [5.74, 6) is -0.872. The number of carbonyl (C=O) groups excluding carboxylic acids is 2. The quantitative estimate of drug-likeness (QED) is 0.281. The molecule has 2 amide bonds. The molecule has 0 aromatic heterocycles. The number of nitrogens with zero attached hydrogens (tertiary/aromatic N) is 2. The molecule has 4 aromatic rings. The number of hydrogen-bond donors (Lipinski definition) is 0. The highest BCUT2D eigenvalue weighted by atomic mass is 19.1. The molecule has 0 saturated heterocycles. The first-order valence-corrected chi connectivity index (χ1v) is 12.1. The van der Waals surface area contributed by atoms with E-state index in [0.717, 1.165) is 21.6 Å². The van der Waals surface area contributed by atoms with Gasteiger partial charge in [-0.2, -0.15) is 0 Å². The number of imide groups is 1. The van der Waals surface area contributed by atoms with Crippen LogP contribution in [0, 0.1) is 0 Å². The average molecular weight is 479 g/mol. The van der Waals surface area contributed by atoms with Crippen LogP contribution in [-0.4, -0.2) is 40.9 Å². The molecule has 0 N–H and O–H groups in total. The van der Waals surface area contributed by atoms with E-state index in [1.54, 1.807) is 24.3 Å². The van der Waals surface area contributed by atoms with Gasteiger partial charge in [-0.05, 0) is 28.8 Å². The van der Waals surface area contributed by atoms with E-state index >= 15 is 0 Å². The van der Waals surface area contributed by atoms with Gasteiger partial charge in [0.2, 0.25) is 0 Å². The van der Waals surface area contributed by atoms with Gasteiger partial charge in [0.1, 0.15) is 6.67 Å². The molecule has 0 unspecified atom stereocenters. The van der Waals surface area contributed by atoms with Crippen LogP contribution in [0.25, 0.3) is 0 Å². The molecule has 1 heterocycles. The van der Waals surface area contributed by atoms with E-state index in [1.807, 2.05) is 66.7 Å². The van der Waals surface area contributed by atoms with Gasteiger partial charge in [0.25, 0.3) is 11.8 Å². The van der Waals surface area contributed by atoms with Crippen molar-refractivity contribution >= 4 is 11.8 Å². The van der Waals surface area contributed by atoms with E-state index in [2.05, 4.69) is 29.2 Å². The Bertz CT molecular complexity index is 1250. The van der Waals surface area contributed by atoms with Crippen LogP contribution in [0.1, 0.15) is 43.4 Å². The van der Waals surface area contributed by atoms with Crippen molar-refractivity contribution in [3.63, 3.8) is 0 Å². The van der Waals surface area contributed by atoms with E-state index in [-0.39, 0.29) is 12.6 Å². The van der Waals surface area contributed by atoms with Crippen molar-refractivity contribution in [1.82, 2.24) is 9.80 Å². The SMILES string of the molecule is O=C1c2ccccc2C(=O)N1[C@H](CF)CN(Cc1ccccc1)C(c1ccccc1)c1ccccc1. The van der Waals surface area contributed by atoms with E-state index in [4.69, 9.17) is 0 Å². The first kappa shape index (κ1) is 23.6. The Hall–Kier alpha value is -4.09. The molecule has 180 valence electrons. The highest BCUT2D eigenvalue weighted by Gasteiger charge is 2.41. The first-order chi connectivity index (χ1) is 17.7. The van der Waals surface area contributed by atoms with Gasteiger partial charge in [-0.1, -0.05) is 103 Å². The summed E-state index contributed by atoms with van der Waals surface area (Å²) < 4.78 is 14.7. The largest absolute Gasteiger partial charge is 0.286 e. The molecular formula is C31H27FN2O2. The number of alkyl halides is 1. The Balaban J connectivity index is 1.54. The predicted octanol–water partition coefficient (Wildman–Crippen LogP) is 5.91. The van der Waals surface area contributed by atoms with Gasteiger partial charge in [0, 0.05) is 13.1 Å². The standard InChI is InChI=1S/C31H27FN2O2/c32-20-26(34-30(35)27-18-10-11-19-28(27)31(34)36)22-33(21-23-12-4-1-5-13-23)29(24-14-6-2-7-15-24)25-16-8-3-9-17-25/h1-19,26,29H,20-22H2/t26-/m1/s1. The molecule has 0 bridgehead atoms. The zero-order valence-electron chi connectivity index (χ0n) is 19.8. The van der Waals surface area contributed by atoms with Crippen molar-refractivity contribution in [2.24, 2.45) is 0 Å². The highest BCUT2D eigenvalue weighted by molar-refractivity contribution is 6.21. The third-order valence-corrected chi connectivity index (χ3v) is 6.64. The fourth-order valence-electron chi connectivity index (χ4n) is 4.97. The van der Waals surface area contributed by atoms with Crippen LogP contribution in [0.3, 0.4) is 0 Å². The molecule has 1 aliphatic heterocycles. The number of rotatable bonds is 9. The lowest BCUT2D eigenvalue weighted by Crippen LogP contribution is -2.49. The lowest BCUT2D eigenvalue weighted by atomic mass is 9.95. The lowest BCUT2D eigenvalue weighted by Gasteiger charge is -2.36. The smallest absolute Gasteiger partial charge is 0.261 e. The zero-order chi connectivity index (χ0) is 24.9. The molecule has 1 aliphatic rings. The monoisotopic (exact) mass is 478 g/mol. The fourth-order valence-corrected chi connectivity index (χ4v) is 4.97. The Morgan fingerprint density at radius 1 is 0.639 bits per heavy atom. The maximum absolute atomic E-state index is 14.7. The minimum Gasteiger partial charge on any atom is -0.286 e. The average Bonchev–Trinajstić information content (AvgIpc) is 3.19. The molecule has 1 atom stereocenters. The summed E-state index contributed by atoms with van der Waals surface area (Å²) in [5.41, 5.74) is 3.84. The molecule has 5 rings (SSSR count). The summed E-state index contributed by atoms with van der Waals surface area (Å²) in [5, 5.41) is 0. The van der Waals surface area contributed by atoms with Crippen molar-refractivity contribution in [2.45, 2.75) is 18.6 Å². The van der Waals surface area contributed by atoms with Gasteiger partial charge < -0.3 is 0 Å². The lowest BCUT2D eigenvalue weighted by molar-refractivity contribution is 0.0486. The topological polar surface area (TPSA) is 40.6 Å². The van der Waals surface area contributed by atoms with Gasteiger partial charge in [0.05, 0.1) is 23.2 Å². The van der Waals surface area contributed by atoms with Crippen LogP contribution in [0.5, 0.6) is 0 Å². The third kappa shape index (κ3) is 4.70. The Kier molecular flexibility index (Phi) is 7.01. The number of halogens is 1. The third-order valence-electron chi connectivity index (χ3n) is 6.64.